The fraction of sp³-hybridized carbons (Fsp3) is 0.354. The molecule has 3 N–H and O–H groups in total. The standard InChI is InChI=1S/C33H33ClF6O3.C32H31ClF6O3/c1-6-30(7-2,25-11-10-22(20(3)16-25)14-15-31(42,32(35,36)37)33(38,39)40)26-12-13-27(21(4)17-26)23-8-9-24(28(34)18-23)19-29(41)43-5;1-5-29(6-2,24-10-9-21(19(3)15-24)13-14-30(42,31(34,35)36)32(37,38)39)25-11-12-26(20(4)16-25)22-7-8-23(18-28(40)41)27(33)17-22/h8-18,42H,6-7,19H2,1-5H3;7-17,42H,5-6,18H2,1-4H3,(H,40,41)/b15-14+;14-13+. The fourth-order valence-corrected chi connectivity index (χ4v) is 11.1. The summed E-state index contributed by atoms with van der Waals surface area (Å²) in [4.78, 5) is 22.7. The second-order valence-electron chi connectivity index (χ2n) is 20.9. The van der Waals surface area contributed by atoms with Crippen molar-refractivity contribution in [1.82, 2.24) is 0 Å². The van der Waals surface area contributed by atoms with Crippen molar-refractivity contribution in [2.75, 3.05) is 7.11 Å². The van der Waals surface area contributed by atoms with Gasteiger partial charge in [-0.1, -0.05) is 160 Å². The summed E-state index contributed by atoms with van der Waals surface area (Å²) in [6.07, 6.45) is -20.4. The number of carbonyl (C=O) groups is 2. The molecule has 0 amide bonds. The van der Waals surface area contributed by atoms with Crippen LogP contribution in [-0.2, 0) is 38.0 Å². The van der Waals surface area contributed by atoms with Gasteiger partial charge < -0.3 is 20.1 Å². The predicted molar refractivity (Wildman–Crippen MR) is 308 cm³/mol. The summed E-state index contributed by atoms with van der Waals surface area (Å²) in [6, 6.07) is 32.5. The van der Waals surface area contributed by atoms with Crippen LogP contribution in [0.25, 0.3) is 34.4 Å². The molecule has 6 aromatic carbocycles. The average Bonchev–Trinajstić information content (AvgIpc) is 1.70. The van der Waals surface area contributed by atoms with Gasteiger partial charge in [0.15, 0.2) is 0 Å². The van der Waals surface area contributed by atoms with Gasteiger partial charge in [0.1, 0.15) is 0 Å². The Kier molecular flexibility index (Phi) is 21.6. The number of aryl methyl sites for hydroxylation is 4. The van der Waals surface area contributed by atoms with Gasteiger partial charge in [0.2, 0.25) is 0 Å². The molecule has 458 valence electrons. The highest BCUT2D eigenvalue weighted by atomic mass is 35.5. The van der Waals surface area contributed by atoms with Gasteiger partial charge >= 0.3 is 36.6 Å². The minimum absolute atomic E-state index is 0.0581. The number of rotatable bonds is 18. The molecule has 0 unspecified atom stereocenters. The molecule has 0 heterocycles. The lowest BCUT2D eigenvalue weighted by Crippen LogP contribution is -2.55. The molecule has 6 rings (SSSR count). The van der Waals surface area contributed by atoms with Crippen molar-refractivity contribution in [3.8, 4) is 22.3 Å². The molecule has 0 atom stereocenters. The lowest BCUT2D eigenvalue weighted by atomic mass is 9.69. The third kappa shape index (κ3) is 14.6. The third-order valence-corrected chi connectivity index (χ3v) is 16.7. The Morgan fingerprint density at radius 3 is 1.02 bits per heavy atom. The van der Waals surface area contributed by atoms with Gasteiger partial charge in [0, 0.05) is 20.9 Å². The first-order valence-corrected chi connectivity index (χ1v) is 27.5. The van der Waals surface area contributed by atoms with Crippen molar-refractivity contribution in [3.63, 3.8) is 0 Å². The molecule has 6 nitrogen and oxygen atoms in total. The summed E-state index contributed by atoms with van der Waals surface area (Å²) in [5.74, 6) is -1.38. The number of carboxylic acids is 1. The molecule has 0 saturated carbocycles. The zero-order valence-electron chi connectivity index (χ0n) is 47.8. The van der Waals surface area contributed by atoms with Crippen LogP contribution >= 0.6 is 23.2 Å². The van der Waals surface area contributed by atoms with Crippen molar-refractivity contribution in [2.45, 2.75) is 141 Å². The van der Waals surface area contributed by atoms with E-state index >= 15 is 0 Å². The summed E-state index contributed by atoms with van der Waals surface area (Å²) >= 11 is 12.8. The molecule has 0 spiro atoms. The minimum Gasteiger partial charge on any atom is -0.481 e. The van der Waals surface area contributed by atoms with E-state index in [4.69, 9.17) is 33.0 Å². The normalized spacial score (nSPS) is 13.1. The van der Waals surface area contributed by atoms with E-state index in [1.165, 1.54) is 19.2 Å². The number of halogens is 14. The molecule has 0 aliphatic heterocycles. The Morgan fingerprint density at radius 2 is 0.765 bits per heavy atom. The number of methoxy groups -OCH3 is 1. The molecule has 85 heavy (non-hydrogen) atoms. The van der Waals surface area contributed by atoms with E-state index in [1.807, 2.05) is 84.0 Å². The van der Waals surface area contributed by atoms with Crippen LogP contribution in [0.1, 0.15) is 120 Å². The van der Waals surface area contributed by atoms with E-state index < -0.39 is 58.7 Å². The maximum Gasteiger partial charge on any atom is 0.430 e. The van der Waals surface area contributed by atoms with Crippen molar-refractivity contribution < 1.29 is 82.3 Å². The maximum atomic E-state index is 13.1. The first-order valence-electron chi connectivity index (χ1n) is 26.7. The zero-order chi connectivity index (χ0) is 64.1. The molecule has 0 aliphatic rings. The van der Waals surface area contributed by atoms with Crippen molar-refractivity contribution in [1.29, 1.82) is 0 Å². The third-order valence-electron chi connectivity index (χ3n) is 16.0. The summed E-state index contributed by atoms with van der Waals surface area (Å²) in [5, 5.41) is 28.8. The van der Waals surface area contributed by atoms with Crippen LogP contribution in [0, 0.1) is 27.7 Å². The van der Waals surface area contributed by atoms with Crippen LogP contribution in [0.4, 0.5) is 52.7 Å². The van der Waals surface area contributed by atoms with E-state index in [9.17, 15) is 72.5 Å². The number of hydrogen-bond acceptors (Lipinski definition) is 5. The van der Waals surface area contributed by atoms with Gasteiger partial charge in [0.05, 0.1) is 20.0 Å². The molecule has 0 saturated heterocycles. The fourth-order valence-electron chi connectivity index (χ4n) is 10.6. The smallest absolute Gasteiger partial charge is 0.430 e. The number of ether oxygens (including phenoxy) is 1. The number of esters is 1. The number of benzene rings is 6. The summed E-state index contributed by atoms with van der Waals surface area (Å²) in [6.45, 7) is 15.1. The summed E-state index contributed by atoms with van der Waals surface area (Å²) < 4.78 is 162. The van der Waals surface area contributed by atoms with E-state index in [0.29, 0.717) is 70.1 Å². The topological polar surface area (TPSA) is 104 Å². The van der Waals surface area contributed by atoms with Crippen LogP contribution in [0.3, 0.4) is 0 Å². The first-order chi connectivity index (χ1) is 39.3. The van der Waals surface area contributed by atoms with Crippen molar-refractivity contribution >= 4 is 47.3 Å². The Bertz CT molecular complexity index is 3410. The quantitative estimate of drug-likeness (QED) is 0.0585. The number of carbonyl (C=O) groups excluding carboxylic acids is 1. The van der Waals surface area contributed by atoms with E-state index in [1.54, 1.807) is 62.4 Å². The Labute approximate surface area is 495 Å². The molecular formula is C65H64Cl2F12O6. The highest BCUT2D eigenvalue weighted by Crippen LogP contribution is 2.48. The van der Waals surface area contributed by atoms with E-state index in [0.717, 1.165) is 55.6 Å². The van der Waals surface area contributed by atoms with E-state index in [2.05, 4.69) is 6.07 Å². The molecular weight excluding hydrogens is 1180 g/mol. The second-order valence-corrected chi connectivity index (χ2v) is 21.7. The van der Waals surface area contributed by atoms with Gasteiger partial charge in [-0.3, -0.25) is 9.59 Å². The van der Waals surface area contributed by atoms with Crippen LogP contribution in [-0.4, -0.2) is 70.3 Å². The predicted octanol–water partition coefficient (Wildman–Crippen LogP) is 18.5. The molecule has 0 bridgehead atoms. The number of alkyl halides is 12. The molecule has 0 aromatic heterocycles. The van der Waals surface area contributed by atoms with E-state index in [-0.39, 0.29) is 36.1 Å². The lowest BCUT2D eigenvalue weighted by Gasteiger charge is -2.34. The molecule has 0 fully saturated rings. The Morgan fingerprint density at radius 1 is 0.459 bits per heavy atom. The van der Waals surface area contributed by atoms with Gasteiger partial charge in [-0.25, -0.2) is 0 Å². The van der Waals surface area contributed by atoms with Crippen LogP contribution in [0.5, 0.6) is 0 Å². The molecule has 6 aromatic rings. The summed E-state index contributed by atoms with van der Waals surface area (Å²) in [7, 11) is 1.31. The van der Waals surface area contributed by atoms with Gasteiger partial charge in [-0.15, -0.1) is 0 Å². The molecule has 0 aliphatic carbocycles. The van der Waals surface area contributed by atoms with Crippen LogP contribution < -0.4 is 0 Å². The molecule has 20 heteroatoms. The monoisotopic (exact) mass is 1240 g/mol. The molecule has 0 radical (unpaired) electrons. The minimum atomic E-state index is -5.94. The average molecular weight is 1240 g/mol. The first kappa shape index (κ1) is 69.2. The highest BCUT2D eigenvalue weighted by Gasteiger charge is 2.70. The van der Waals surface area contributed by atoms with Gasteiger partial charge in [-0.05, 0) is 167 Å². The number of carboxylic acid groups (broad SMARTS) is 1. The highest BCUT2D eigenvalue weighted by molar-refractivity contribution is 6.32. The van der Waals surface area contributed by atoms with Crippen LogP contribution in [0.2, 0.25) is 10.0 Å². The number of aliphatic hydroxyl groups is 2. The SMILES string of the molecule is CCC(CC)(c1ccc(/C=C/C(O)(C(F)(F)F)C(F)(F)F)c(C)c1)c1ccc(-c2ccc(CC(=O)O)c(Cl)c2)c(C)c1.CCC(CC)(c1ccc(/C=C/C(O)(C(F)(F)F)C(F)(F)F)c(C)c1)c1ccc(-c2ccc(CC(=O)OC)c(Cl)c2)c(C)c1. The van der Waals surface area contributed by atoms with Crippen molar-refractivity contribution in [3.05, 3.63) is 198 Å². The lowest BCUT2D eigenvalue weighted by molar-refractivity contribution is -0.348. The van der Waals surface area contributed by atoms with Gasteiger partial charge in [0.25, 0.3) is 11.2 Å². The number of aliphatic carboxylic acids is 1. The number of hydrogen-bond donors (Lipinski definition) is 3. The Balaban J connectivity index is 0.000000311. The van der Waals surface area contributed by atoms with Crippen molar-refractivity contribution in [2.24, 2.45) is 0 Å². The largest absolute Gasteiger partial charge is 0.481 e. The zero-order valence-corrected chi connectivity index (χ0v) is 49.3. The Hall–Kier alpha value is -6.60. The van der Waals surface area contributed by atoms with Gasteiger partial charge in [-0.2, -0.15) is 52.7 Å². The second kappa shape index (κ2) is 26.6. The summed E-state index contributed by atoms with van der Waals surface area (Å²) in [5.41, 5.74) is 0.496. The maximum absolute atomic E-state index is 13.1. The van der Waals surface area contributed by atoms with Crippen LogP contribution in [0.15, 0.2) is 121 Å².